The molecule has 2 aromatic rings. The van der Waals surface area contributed by atoms with E-state index in [1.54, 1.807) is 12.1 Å². The molecule has 1 aliphatic rings. The van der Waals surface area contributed by atoms with Crippen molar-refractivity contribution in [2.75, 3.05) is 6.61 Å². The Kier molecular flexibility index (Phi) is 3.93. The van der Waals surface area contributed by atoms with E-state index in [4.69, 9.17) is 11.6 Å². The lowest BCUT2D eigenvalue weighted by molar-refractivity contribution is 0.229. The number of rotatable bonds is 2. The molecule has 0 saturated heterocycles. The van der Waals surface area contributed by atoms with Crippen LogP contribution >= 0.6 is 11.6 Å². The minimum atomic E-state index is -0.624. The van der Waals surface area contributed by atoms with Gasteiger partial charge in [-0.2, -0.15) is 0 Å². The third kappa shape index (κ3) is 2.93. The van der Waals surface area contributed by atoms with E-state index < -0.39 is 17.7 Å². The second-order valence-electron chi connectivity index (χ2n) is 5.23. The number of aliphatic hydroxyl groups is 1. The number of benzene rings is 2. The van der Waals surface area contributed by atoms with Crippen molar-refractivity contribution in [2.45, 2.75) is 18.5 Å². The summed E-state index contributed by atoms with van der Waals surface area (Å²) in [7, 11) is 0. The molecule has 110 valence electrons. The van der Waals surface area contributed by atoms with E-state index in [1.165, 1.54) is 12.1 Å². The van der Waals surface area contributed by atoms with Crippen molar-refractivity contribution in [3.63, 3.8) is 0 Å². The molecule has 2 atom stereocenters. The molecule has 1 aliphatic heterocycles. The Hall–Kier alpha value is -1.49. The molecule has 0 radical (unpaired) electrons. The van der Waals surface area contributed by atoms with Gasteiger partial charge < -0.3 is 10.4 Å². The van der Waals surface area contributed by atoms with Gasteiger partial charge in [0, 0.05) is 17.1 Å². The number of hydrogen-bond donors (Lipinski definition) is 2. The second-order valence-corrected chi connectivity index (χ2v) is 5.67. The normalized spacial score (nSPS) is 21.1. The summed E-state index contributed by atoms with van der Waals surface area (Å²) in [5.41, 5.74) is 2.39. The number of nitrogens with one attached hydrogen (secondary N) is 1. The van der Waals surface area contributed by atoms with Crippen molar-refractivity contribution in [3.05, 3.63) is 69.7 Å². The molecule has 0 fully saturated rings. The standard InChI is InChI=1S/C16H14ClF2NO/c17-11-2-1-9-5-14(8-21)20-16(15(9)6-11)10-3-12(18)7-13(19)4-10/h1-4,6-7,14,16,20-21H,5,8H2/t14-,16-/m0/s1. The van der Waals surface area contributed by atoms with E-state index >= 15 is 0 Å². The van der Waals surface area contributed by atoms with Crippen LogP contribution in [0.15, 0.2) is 36.4 Å². The van der Waals surface area contributed by atoms with E-state index in [9.17, 15) is 13.9 Å². The Morgan fingerprint density at radius 2 is 1.86 bits per heavy atom. The van der Waals surface area contributed by atoms with Crippen molar-refractivity contribution >= 4 is 11.6 Å². The van der Waals surface area contributed by atoms with E-state index in [0.717, 1.165) is 17.2 Å². The molecule has 2 aromatic carbocycles. The first kappa shape index (κ1) is 14.4. The summed E-state index contributed by atoms with van der Waals surface area (Å²) >= 11 is 6.04. The Bertz CT molecular complexity index is 657. The quantitative estimate of drug-likeness (QED) is 0.893. The van der Waals surface area contributed by atoms with Gasteiger partial charge in [-0.3, -0.25) is 0 Å². The van der Waals surface area contributed by atoms with Crippen LogP contribution in [0.1, 0.15) is 22.7 Å². The van der Waals surface area contributed by atoms with Crippen molar-refractivity contribution in [2.24, 2.45) is 0 Å². The highest BCUT2D eigenvalue weighted by Crippen LogP contribution is 2.33. The zero-order valence-corrected chi connectivity index (χ0v) is 11.9. The second kappa shape index (κ2) is 5.72. The van der Waals surface area contributed by atoms with Crippen LogP contribution in [0, 0.1) is 11.6 Å². The number of hydrogen-bond acceptors (Lipinski definition) is 2. The fourth-order valence-electron chi connectivity index (χ4n) is 2.81. The summed E-state index contributed by atoms with van der Waals surface area (Å²) in [5.74, 6) is -1.25. The topological polar surface area (TPSA) is 32.3 Å². The molecule has 2 N–H and O–H groups in total. The van der Waals surface area contributed by atoms with Gasteiger partial charge in [0.05, 0.1) is 12.6 Å². The Balaban J connectivity index is 2.10. The highest BCUT2D eigenvalue weighted by atomic mass is 35.5. The first-order chi connectivity index (χ1) is 10.1. The summed E-state index contributed by atoms with van der Waals surface area (Å²) in [4.78, 5) is 0. The molecule has 0 bridgehead atoms. The van der Waals surface area contributed by atoms with Gasteiger partial charge in [0.2, 0.25) is 0 Å². The molecule has 0 unspecified atom stereocenters. The summed E-state index contributed by atoms with van der Waals surface area (Å²) in [6, 6.07) is 8.35. The molecular weight excluding hydrogens is 296 g/mol. The molecule has 0 amide bonds. The van der Waals surface area contributed by atoms with Crippen LogP contribution in [0.2, 0.25) is 5.02 Å². The molecule has 2 nitrogen and oxygen atoms in total. The van der Waals surface area contributed by atoms with Gasteiger partial charge in [-0.1, -0.05) is 17.7 Å². The average Bonchev–Trinajstić information content (AvgIpc) is 2.45. The maximum Gasteiger partial charge on any atom is 0.126 e. The highest BCUT2D eigenvalue weighted by Gasteiger charge is 2.27. The van der Waals surface area contributed by atoms with E-state index in [2.05, 4.69) is 5.32 Å². The van der Waals surface area contributed by atoms with Crippen LogP contribution in [0.25, 0.3) is 0 Å². The minimum Gasteiger partial charge on any atom is -0.395 e. The van der Waals surface area contributed by atoms with Crippen LogP contribution in [-0.2, 0) is 6.42 Å². The smallest absolute Gasteiger partial charge is 0.126 e. The first-order valence-electron chi connectivity index (χ1n) is 6.68. The molecule has 5 heteroatoms. The third-order valence-electron chi connectivity index (χ3n) is 3.73. The van der Waals surface area contributed by atoms with Crippen molar-refractivity contribution < 1.29 is 13.9 Å². The highest BCUT2D eigenvalue weighted by molar-refractivity contribution is 6.30. The third-order valence-corrected chi connectivity index (χ3v) is 3.96. The lowest BCUT2D eigenvalue weighted by Crippen LogP contribution is -2.42. The zero-order valence-electron chi connectivity index (χ0n) is 11.1. The fourth-order valence-corrected chi connectivity index (χ4v) is 2.99. The largest absolute Gasteiger partial charge is 0.395 e. The van der Waals surface area contributed by atoms with Gasteiger partial charge >= 0.3 is 0 Å². The number of fused-ring (bicyclic) bond motifs is 1. The average molecular weight is 310 g/mol. The van der Waals surface area contributed by atoms with Crippen molar-refractivity contribution in [1.82, 2.24) is 5.32 Å². The van der Waals surface area contributed by atoms with E-state index in [-0.39, 0.29) is 12.6 Å². The van der Waals surface area contributed by atoms with Gasteiger partial charge in [-0.05, 0) is 47.4 Å². The lowest BCUT2D eigenvalue weighted by Gasteiger charge is -2.33. The van der Waals surface area contributed by atoms with Crippen LogP contribution in [0.4, 0.5) is 8.78 Å². The van der Waals surface area contributed by atoms with Gasteiger partial charge in [0.1, 0.15) is 11.6 Å². The summed E-state index contributed by atoms with van der Waals surface area (Å²) < 4.78 is 26.9. The predicted molar refractivity (Wildman–Crippen MR) is 77.4 cm³/mol. The maximum atomic E-state index is 13.5. The molecule has 0 aromatic heterocycles. The SMILES string of the molecule is OC[C@@H]1Cc2ccc(Cl)cc2[C@H](c2cc(F)cc(F)c2)N1. The Labute approximate surface area is 126 Å². The van der Waals surface area contributed by atoms with E-state index in [1.807, 2.05) is 6.07 Å². The number of halogens is 3. The Morgan fingerprint density at radius 1 is 1.14 bits per heavy atom. The Morgan fingerprint density at radius 3 is 2.52 bits per heavy atom. The van der Waals surface area contributed by atoms with Gasteiger partial charge in [-0.15, -0.1) is 0 Å². The monoisotopic (exact) mass is 309 g/mol. The molecule has 0 aliphatic carbocycles. The molecule has 0 saturated carbocycles. The lowest BCUT2D eigenvalue weighted by atomic mass is 9.87. The fraction of sp³-hybridized carbons (Fsp3) is 0.250. The first-order valence-corrected chi connectivity index (χ1v) is 7.06. The molecule has 1 heterocycles. The predicted octanol–water partition coefficient (Wildman–Crippen LogP) is 3.21. The minimum absolute atomic E-state index is 0.0453. The molecule has 3 rings (SSSR count). The summed E-state index contributed by atoms with van der Waals surface area (Å²) in [6.07, 6.45) is 0.650. The molecule has 0 spiro atoms. The van der Waals surface area contributed by atoms with Crippen molar-refractivity contribution in [1.29, 1.82) is 0 Å². The molecular formula is C16H14ClF2NO. The van der Waals surface area contributed by atoms with Crippen LogP contribution in [0.3, 0.4) is 0 Å². The summed E-state index contributed by atoms with van der Waals surface area (Å²) in [5, 5.41) is 13.2. The molecule has 21 heavy (non-hydrogen) atoms. The van der Waals surface area contributed by atoms with Gasteiger partial charge in [0.25, 0.3) is 0 Å². The van der Waals surface area contributed by atoms with E-state index in [0.29, 0.717) is 17.0 Å². The number of aliphatic hydroxyl groups excluding tert-OH is 1. The van der Waals surface area contributed by atoms with Crippen molar-refractivity contribution in [3.8, 4) is 0 Å². The van der Waals surface area contributed by atoms with Crippen LogP contribution in [-0.4, -0.2) is 17.8 Å². The van der Waals surface area contributed by atoms with Gasteiger partial charge in [0.15, 0.2) is 0 Å². The summed E-state index contributed by atoms with van der Waals surface area (Å²) in [6.45, 7) is -0.0453. The zero-order chi connectivity index (χ0) is 15.0. The van der Waals surface area contributed by atoms with Crippen LogP contribution in [0.5, 0.6) is 0 Å². The van der Waals surface area contributed by atoms with Crippen LogP contribution < -0.4 is 5.32 Å². The maximum absolute atomic E-state index is 13.5. The van der Waals surface area contributed by atoms with Gasteiger partial charge in [-0.25, -0.2) is 8.78 Å².